The number of aromatic nitrogens is 1. The molecule has 0 fully saturated rings. The second kappa shape index (κ2) is 4.25. The number of esters is 1. The molecule has 6 heteroatoms. The molecule has 0 saturated carbocycles. The molecule has 17 heavy (non-hydrogen) atoms. The lowest BCUT2D eigenvalue weighted by molar-refractivity contribution is 0.0602. The summed E-state index contributed by atoms with van der Waals surface area (Å²) in [6.45, 7) is 0. The van der Waals surface area contributed by atoms with Crippen LogP contribution in [-0.2, 0) is 4.74 Å². The SMILES string of the molecule is COC(=O)c1c(-c2ccc(F)cc2)noc1N. The van der Waals surface area contributed by atoms with Crippen LogP contribution in [0.2, 0.25) is 0 Å². The molecule has 5 nitrogen and oxygen atoms in total. The summed E-state index contributed by atoms with van der Waals surface area (Å²) in [5.74, 6) is -1.16. The Morgan fingerprint density at radius 1 is 1.41 bits per heavy atom. The molecule has 0 aliphatic carbocycles. The minimum atomic E-state index is -0.650. The molecular weight excluding hydrogens is 227 g/mol. The first-order valence-corrected chi connectivity index (χ1v) is 4.73. The first-order chi connectivity index (χ1) is 8.13. The standard InChI is InChI=1S/C11H9FN2O3/c1-16-11(15)8-9(14-17-10(8)13)6-2-4-7(12)5-3-6/h2-5H,13H2,1H3. The largest absolute Gasteiger partial charge is 0.465 e. The third-order valence-electron chi connectivity index (χ3n) is 2.23. The van der Waals surface area contributed by atoms with Crippen LogP contribution in [0, 0.1) is 5.82 Å². The van der Waals surface area contributed by atoms with Gasteiger partial charge in [0.2, 0.25) is 5.88 Å². The van der Waals surface area contributed by atoms with Gasteiger partial charge in [-0.2, -0.15) is 0 Å². The van der Waals surface area contributed by atoms with Crippen LogP contribution < -0.4 is 5.73 Å². The molecule has 0 aliphatic heterocycles. The van der Waals surface area contributed by atoms with E-state index in [1.54, 1.807) is 0 Å². The van der Waals surface area contributed by atoms with Crippen molar-refractivity contribution in [1.29, 1.82) is 0 Å². The summed E-state index contributed by atoms with van der Waals surface area (Å²) in [4.78, 5) is 11.5. The summed E-state index contributed by atoms with van der Waals surface area (Å²) in [5.41, 5.74) is 6.27. The molecule has 1 aromatic carbocycles. The van der Waals surface area contributed by atoms with Gasteiger partial charge in [0.05, 0.1) is 7.11 Å². The van der Waals surface area contributed by atoms with Gasteiger partial charge in [-0.15, -0.1) is 0 Å². The molecule has 0 atom stereocenters. The number of benzene rings is 1. The van der Waals surface area contributed by atoms with Gasteiger partial charge < -0.3 is 15.0 Å². The molecule has 1 aromatic heterocycles. The van der Waals surface area contributed by atoms with Crippen molar-refractivity contribution in [2.75, 3.05) is 12.8 Å². The Kier molecular flexibility index (Phi) is 2.78. The van der Waals surface area contributed by atoms with E-state index in [-0.39, 0.29) is 23.0 Å². The van der Waals surface area contributed by atoms with E-state index in [0.29, 0.717) is 5.56 Å². The predicted molar refractivity (Wildman–Crippen MR) is 57.6 cm³/mol. The van der Waals surface area contributed by atoms with Gasteiger partial charge >= 0.3 is 5.97 Å². The van der Waals surface area contributed by atoms with E-state index >= 15 is 0 Å². The second-order valence-electron chi connectivity index (χ2n) is 3.27. The van der Waals surface area contributed by atoms with Gasteiger partial charge in [-0.1, -0.05) is 5.16 Å². The number of ether oxygens (including phenoxy) is 1. The Morgan fingerprint density at radius 3 is 2.65 bits per heavy atom. The normalized spacial score (nSPS) is 10.2. The van der Waals surface area contributed by atoms with Crippen LogP contribution in [0.4, 0.5) is 10.3 Å². The number of nitrogen functional groups attached to an aromatic ring is 1. The maximum absolute atomic E-state index is 12.8. The minimum absolute atomic E-state index is 0.0408. The van der Waals surface area contributed by atoms with Gasteiger partial charge in [0.1, 0.15) is 11.5 Å². The van der Waals surface area contributed by atoms with Crippen molar-refractivity contribution in [2.45, 2.75) is 0 Å². The van der Waals surface area contributed by atoms with E-state index in [0.717, 1.165) is 0 Å². The molecule has 0 amide bonds. The third-order valence-corrected chi connectivity index (χ3v) is 2.23. The Bertz CT molecular complexity index is 548. The van der Waals surface area contributed by atoms with Crippen molar-refractivity contribution in [1.82, 2.24) is 5.16 Å². The summed E-state index contributed by atoms with van der Waals surface area (Å²) in [6.07, 6.45) is 0. The molecule has 0 bridgehead atoms. The maximum Gasteiger partial charge on any atom is 0.345 e. The topological polar surface area (TPSA) is 78.3 Å². The van der Waals surface area contributed by atoms with Gasteiger partial charge in [-0.25, -0.2) is 9.18 Å². The number of halogens is 1. The average Bonchev–Trinajstić information content (AvgIpc) is 2.71. The predicted octanol–water partition coefficient (Wildman–Crippen LogP) is 1.85. The van der Waals surface area contributed by atoms with Crippen molar-refractivity contribution in [2.24, 2.45) is 0 Å². The van der Waals surface area contributed by atoms with E-state index in [1.807, 2.05) is 0 Å². The van der Waals surface area contributed by atoms with Crippen molar-refractivity contribution < 1.29 is 18.4 Å². The Hall–Kier alpha value is -2.37. The fourth-order valence-corrected chi connectivity index (χ4v) is 1.41. The van der Waals surface area contributed by atoms with Gasteiger partial charge in [0.25, 0.3) is 0 Å². The highest BCUT2D eigenvalue weighted by Crippen LogP contribution is 2.27. The zero-order chi connectivity index (χ0) is 12.4. The van der Waals surface area contributed by atoms with E-state index < -0.39 is 5.97 Å². The molecule has 0 radical (unpaired) electrons. The molecule has 88 valence electrons. The molecule has 2 aromatic rings. The molecule has 2 rings (SSSR count). The number of carbonyl (C=O) groups excluding carboxylic acids is 1. The highest BCUT2D eigenvalue weighted by molar-refractivity contribution is 6.00. The highest BCUT2D eigenvalue weighted by atomic mass is 19.1. The summed E-state index contributed by atoms with van der Waals surface area (Å²) in [6, 6.07) is 5.45. The lowest BCUT2D eigenvalue weighted by Gasteiger charge is -2.00. The smallest absolute Gasteiger partial charge is 0.345 e. The van der Waals surface area contributed by atoms with E-state index in [9.17, 15) is 9.18 Å². The van der Waals surface area contributed by atoms with E-state index in [4.69, 9.17) is 10.3 Å². The van der Waals surface area contributed by atoms with Crippen LogP contribution in [0.25, 0.3) is 11.3 Å². The summed E-state index contributed by atoms with van der Waals surface area (Å²) in [5, 5.41) is 3.66. The average molecular weight is 236 g/mol. The van der Waals surface area contributed by atoms with Crippen LogP contribution >= 0.6 is 0 Å². The quantitative estimate of drug-likeness (QED) is 0.805. The zero-order valence-electron chi connectivity index (χ0n) is 8.94. The second-order valence-corrected chi connectivity index (χ2v) is 3.27. The lowest BCUT2D eigenvalue weighted by Crippen LogP contribution is -2.04. The Labute approximate surface area is 96.0 Å². The van der Waals surface area contributed by atoms with Gasteiger partial charge in [-0.05, 0) is 24.3 Å². The molecule has 0 saturated heterocycles. The molecule has 0 unspecified atom stereocenters. The van der Waals surface area contributed by atoms with Crippen molar-refractivity contribution in [3.63, 3.8) is 0 Å². The first kappa shape index (κ1) is 11.1. The molecular formula is C11H9FN2O3. The number of anilines is 1. The fraction of sp³-hybridized carbons (Fsp3) is 0.0909. The number of nitrogens with two attached hydrogens (primary N) is 1. The zero-order valence-corrected chi connectivity index (χ0v) is 8.94. The van der Waals surface area contributed by atoms with E-state index in [2.05, 4.69) is 9.89 Å². The van der Waals surface area contributed by atoms with Crippen LogP contribution in [0.15, 0.2) is 28.8 Å². The number of nitrogens with zero attached hydrogens (tertiary/aromatic N) is 1. The third kappa shape index (κ3) is 1.96. The van der Waals surface area contributed by atoms with Crippen molar-refractivity contribution in [3.05, 3.63) is 35.6 Å². The monoisotopic (exact) mass is 236 g/mol. The van der Waals surface area contributed by atoms with Crippen molar-refractivity contribution >= 4 is 11.9 Å². The van der Waals surface area contributed by atoms with Crippen LogP contribution in [0.1, 0.15) is 10.4 Å². The van der Waals surface area contributed by atoms with Gasteiger partial charge in [0, 0.05) is 5.56 Å². The number of hydrogen-bond acceptors (Lipinski definition) is 5. The first-order valence-electron chi connectivity index (χ1n) is 4.73. The van der Waals surface area contributed by atoms with E-state index in [1.165, 1.54) is 31.4 Å². The number of hydrogen-bond donors (Lipinski definition) is 1. The van der Waals surface area contributed by atoms with Crippen LogP contribution in [0.3, 0.4) is 0 Å². The van der Waals surface area contributed by atoms with Crippen molar-refractivity contribution in [3.8, 4) is 11.3 Å². The molecule has 0 spiro atoms. The van der Waals surface area contributed by atoms with Crippen LogP contribution in [0.5, 0.6) is 0 Å². The molecule has 2 N–H and O–H groups in total. The number of rotatable bonds is 2. The Balaban J connectivity index is 2.52. The summed E-state index contributed by atoms with van der Waals surface area (Å²) < 4.78 is 22.1. The molecule has 0 aliphatic rings. The lowest BCUT2D eigenvalue weighted by atomic mass is 10.1. The summed E-state index contributed by atoms with van der Waals surface area (Å²) >= 11 is 0. The number of methoxy groups -OCH3 is 1. The van der Waals surface area contributed by atoms with Gasteiger partial charge in [0.15, 0.2) is 5.56 Å². The van der Waals surface area contributed by atoms with Crippen LogP contribution in [-0.4, -0.2) is 18.2 Å². The van der Waals surface area contributed by atoms with Gasteiger partial charge in [-0.3, -0.25) is 0 Å². The maximum atomic E-state index is 12.8. The highest BCUT2D eigenvalue weighted by Gasteiger charge is 2.22. The molecule has 1 heterocycles. The Morgan fingerprint density at radius 2 is 2.06 bits per heavy atom. The number of carbonyl (C=O) groups is 1. The summed E-state index contributed by atoms with van der Waals surface area (Å²) in [7, 11) is 1.23. The minimum Gasteiger partial charge on any atom is -0.465 e. The fourth-order valence-electron chi connectivity index (χ4n) is 1.41.